The van der Waals surface area contributed by atoms with Gasteiger partial charge in [-0.3, -0.25) is 4.79 Å². The number of carbonyl (C=O) groups excluding carboxylic acids is 1. The molecule has 3 heteroatoms. The molecule has 0 aliphatic rings. The van der Waals surface area contributed by atoms with Crippen molar-refractivity contribution in [3.63, 3.8) is 0 Å². The van der Waals surface area contributed by atoms with Crippen molar-refractivity contribution in [1.82, 2.24) is 0 Å². The highest BCUT2D eigenvalue weighted by Crippen LogP contribution is 2.27. The van der Waals surface area contributed by atoms with E-state index >= 15 is 0 Å². The lowest BCUT2D eigenvalue weighted by molar-refractivity contribution is 0.103. The highest BCUT2D eigenvalue weighted by atomic mass is 32.2. The van der Waals surface area contributed by atoms with Crippen LogP contribution in [0.2, 0.25) is 0 Å². The molecule has 1 nitrogen and oxygen atoms in total. The van der Waals surface area contributed by atoms with Gasteiger partial charge in [0.15, 0.2) is 5.78 Å². The zero-order valence-corrected chi connectivity index (χ0v) is 12.5. The fraction of sp³-hybridized carbons (Fsp3) is 0. The lowest BCUT2D eigenvalue weighted by atomic mass is 10.0. The molecule has 0 heterocycles. The van der Waals surface area contributed by atoms with Gasteiger partial charge in [-0.05, 0) is 60.7 Å². The van der Waals surface area contributed by atoms with E-state index in [9.17, 15) is 9.18 Å². The Hall–Kier alpha value is -2.39. The van der Waals surface area contributed by atoms with Gasteiger partial charge >= 0.3 is 0 Å². The van der Waals surface area contributed by atoms with Gasteiger partial charge in [0.2, 0.25) is 0 Å². The summed E-state index contributed by atoms with van der Waals surface area (Å²) in [5.74, 6) is -0.442. The molecule has 0 aliphatic heterocycles. The predicted octanol–water partition coefficient (Wildman–Crippen LogP) is 5.21. The van der Waals surface area contributed by atoms with Crippen molar-refractivity contribution < 1.29 is 9.18 Å². The molecule has 0 atom stereocenters. The first-order valence-electron chi connectivity index (χ1n) is 6.85. The Bertz CT molecular complexity index is 765. The average Bonchev–Trinajstić information content (AvgIpc) is 2.57. The first-order valence-corrected chi connectivity index (χ1v) is 7.67. The van der Waals surface area contributed by atoms with Gasteiger partial charge in [0.25, 0.3) is 0 Å². The zero-order valence-electron chi connectivity index (χ0n) is 11.7. The van der Waals surface area contributed by atoms with Crippen LogP contribution in [0.25, 0.3) is 0 Å². The standard InChI is InChI=1S/C19H13FOS/c20-16-10-6-14(7-11-16)19(21)15-8-12-18(13-9-15)22-17-4-2-1-3-5-17/h1-13H. The van der Waals surface area contributed by atoms with E-state index in [0.717, 1.165) is 9.79 Å². The Kier molecular flexibility index (Phi) is 4.35. The Morgan fingerprint density at radius 2 is 1.18 bits per heavy atom. The lowest BCUT2D eigenvalue weighted by Crippen LogP contribution is -2.00. The molecule has 0 amide bonds. The molecule has 0 aromatic heterocycles. The van der Waals surface area contributed by atoms with Crippen LogP contribution >= 0.6 is 11.8 Å². The van der Waals surface area contributed by atoms with Crippen LogP contribution in [0.4, 0.5) is 4.39 Å². The number of rotatable bonds is 4. The highest BCUT2D eigenvalue weighted by molar-refractivity contribution is 7.99. The van der Waals surface area contributed by atoms with Gasteiger partial charge < -0.3 is 0 Å². The van der Waals surface area contributed by atoms with Crippen LogP contribution in [-0.2, 0) is 0 Å². The lowest BCUT2D eigenvalue weighted by Gasteiger charge is -2.04. The molecule has 0 fully saturated rings. The van der Waals surface area contributed by atoms with Crippen molar-refractivity contribution in [1.29, 1.82) is 0 Å². The van der Waals surface area contributed by atoms with Gasteiger partial charge in [-0.15, -0.1) is 0 Å². The summed E-state index contributed by atoms with van der Waals surface area (Å²) in [6, 6.07) is 23.1. The van der Waals surface area contributed by atoms with E-state index in [4.69, 9.17) is 0 Å². The quantitative estimate of drug-likeness (QED) is 0.616. The number of benzene rings is 3. The van der Waals surface area contributed by atoms with Gasteiger partial charge in [0.1, 0.15) is 5.82 Å². The van der Waals surface area contributed by atoms with E-state index in [-0.39, 0.29) is 11.6 Å². The monoisotopic (exact) mass is 308 g/mol. The second-order valence-corrected chi connectivity index (χ2v) is 5.92. The van der Waals surface area contributed by atoms with Crippen LogP contribution in [0.3, 0.4) is 0 Å². The highest BCUT2D eigenvalue weighted by Gasteiger charge is 2.09. The molecule has 3 aromatic carbocycles. The van der Waals surface area contributed by atoms with Gasteiger partial charge in [-0.25, -0.2) is 4.39 Å². The van der Waals surface area contributed by atoms with Crippen LogP contribution in [0, 0.1) is 5.82 Å². The Labute approximate surface area is 132 Å². The molecule has 0 saturated heterocycles. The molecule has 0 spiro atoms. The number of hydrogen-bond acceptors (Lipinski definition) is 2. The summed E-state index contributed by atoms with van der Waals surface area (Å²) < 4.78 is 12.9. The average molecular weight is 308 g/mol. The minimum absolute atomic E-state index is 0.101. The third-order valence-corrected chi connectivity index (χ3v) is 4.22. The van der Waals surface area contributed by atoms with Crippen molar-refractivity contribution in [2.45, 2.75) is 9.79 Å². The van der Waals surface area contributed by atoms with Crippen LogP contribution in [0.5, 0.6) is 0 Å². The normalized spacial score (nSPS) is 10.4. The maximum atomic E-state index is 12.9. The minimum Gasteiger partial charge on any atom is -0.289 e. The Morgan fingerprint density at radius 1 is 0.682 bits per heavy atom. The van der Waals surface area contributed by atoms with Crippen LogP contribution in [0.15, 0.2) is 88.7 Å². The fourth-order valence-corrected chi connectivity index (χ4v) is 2.90. The van der Waals surface area contributed by atoms with Crippen LogP contribution < -0.4 is 0 Å². The van der Waals surface area contributed by atoms with E-state index in [1.165, 1.54) is 24.3 Å². The Morgan fingerprint density at radius 3 is 1.77 bits per heavy atom. The first-order chi connectivity index (χ1) is 10.7. The maximum absolute atomic E-state index is 12.9. The summed E-state index contributed by atoms with van der Waals surface area (Å²) in [4.78, 5) is 14.5. The molecule has 0 N–H and O–H groups in total. The van der Waals surface area contributed by atoms with Crippen LogP contribution in [-0.4, -0.2) is 5.78 Å². The van der Waals surface area contributed by atoms with Crippen molar-refractivity contribution in [2.75, 3.05) is 0 Å². The van der Waals surface area contributed by atoms with Crippen molar-refractivity contribution in [3.05, 3.63) is 95.8 Å². The molecule has 0 unspecified atom stereocenters. The zero-order chi connectivity index (χ0) is 15.4. The summed E-state index contributed by atoms with van der Waals surface area (Å²) in [5, 5.41) is 0. The minimum atomic E-state index is -0.342. The molecule has 0 aliphatic carbocycles. The second kappa shape index (κ2) is 6.58. The number of carbonyl (C=O) groups is 1. The van der Waals surface area contributed by atoms with Gasteiger partial charge in [0.05, 0.1) is 0 Å². The van der Waals surface area contributed by atoms with Gasteiger partial charge in [-0.1, -0.05) is 30.0 Å². The summed E-state index contributed by atoms with van der Waals surface area (Å²) in [5.41, 5.74) is 1.09. The van der Waals surface area contributed by atoms with Gasteiger partial charge in [-0.2, -0.15) is 0 Å². The van der Waals surface area contributed by atoms with E-state index in [1.54, 1.807) is 23.9 Å². The molecule has 0 radical (unpaired) electrons. The fourth-order valence-electron chi connectivity index (χ4n) is 2.07. The van der Waals surface area contributed by atoms with E-state index in [1.807, 2.05) is 42.5 Å². The SMILES string of the molecule is O=C(c1ccc(F)cc1)c1ccc(Sc2ccccc2)cc1. The molecule has 0 bridgehead atoms. The third kappa shape index (κ3) is 3.43. The molecule has 108 valence electrons. The largest absolute Gasteiger partial charge is 0.289 e. The predicted molar refractivity (Wildman–Crippen MR) is 86.8 cm³/mol. The number of hydrogen-bond donors (Lipinski definition) is 0. The molecule has 3 aromatic rings. The smallest absolute Gasteiger partial charge is 0.193 e. The molecule has 22 heavy (non-hydrogen) atoms. The van der Waals surface area contributed by atoms with E-state index < -0.39 is 0 Å². The molecular weight excluding hydrogens is 295 g/mol. The molecule has 3 rings (SSSR count). The summed E-state index contributed by atoms with van der Waals surface area (Å²) in [7, 11) is 0. The van der Waals surface area contributed by atoms with Crippen molar-refractivity contribution in [2.24, 2.45) is 0 Å². The maximum Gasteiger partial charge on any atom is 0.193 e. The van der Waals surface area contributed by atoms with Gasteiger partial charge in [0, 0.05) is 20.9 Å². The number of halogens is 1. The van der Waals surface area contributed by atoms with Crippen LogP contribution in [0.1, 0.15) is 15.9 Å². The Balaban J connectivity index is 1.76. The summed E-state index contributed by atoms with van der Waals surface area (Å²) in [6.07, 6.45) is 0. The third-order valence-electron chi connectivity index (χ3n) is 3.20. The van der Waals surface area contributed by atoms with E-state index in [2.05, 4.69) is 0 Å². The van der Waals surface area contributed by atoms with Crippen molar-refractivity contribution >= 4 is 17.5 Å². The first kappa shape index (κ1) is 14.5. The van der Waals surface area contributed by atoms with Crippen molar-refractivity contribution in [3.8, 4) is 0 Å². The molecular formula is C19H13FOS. The topological polar surface area (TPSA) is 17.1 Å². The molecule has 0 saturated carbocycles. The van der Waals surface area contributed by atoms with E-state index in [0.29, 0.717) is 11.1 Å². The summed E-state index contributed by atoms with van der Waals surface area (Å²) >= 11 is 1.64. The summed E-state index contributed by atoms with van der Waals surface area (Å²) in [6.45, 7) is 0. The number of ketones is 1. The second-order valence-electron chi connectivity index (χ2n) is 4.78.